The van der Waals surface area contributed by atoms with Gasteiger partial charge in [0, 0.05) is 67.1 Å². The van der Waals surface area contributed by atoms with Crippen molar-refractivity contribution in [3.63, 3.8) is 0 Å². The summed E-state index contributed by atoms with van der Waals surface area (Å²) in [4.78, 5) is 62.4. The highest BCUT2D eigenvalue weighted by atomic mass is 19.4. The number of aliphatic hydroxyl groups excluding tert-OH is 1. The highest BCUT2D eigenvalue weighted by Gasteiger charge is 2.48. The van der Waals surface area contributed by atoms with Crippen LogP contribution in [0.5, 0.6) is 0 Å². The van der Waals surface area contributed by atoms with E-state index in [1.165, 1.54) is 6.07 Å². The van der Waals surface area contributed by atoms with E-state index in [0.717, 1.165) is 40.8 Å². The fourth-order valence-corrected chi connectivity index (χ4v) is 6.01. The first-order valence-electron chi connectivity index (χ1n) is 17.3. The summed E-state index contributed by atoms with van der Waals surface area (Å²) in [5.74, 6) is -8.67. The molecule has 4 rings (SSSR count). The Morgan fingerprint density at radius 1 is 0.911 bits per heavy atom. The van der Waals surface area contributed by atoms with E-state index in [9.17, 15) is 51.0 Å². The number of carbonyl (C=O) groups excluding carboxylic acids is 5. The smallest absolute Gasteiger partial charge is 0.428 e. The predicted molar refractivity (Wildman–Crippen MR) is 190 cm³/mol. The number of nitrogens with zero attached hydrogens (tertiary/aromatic N) is 2. The lowest BCUT2D eigenvalue weighted by Gasteiger charge is -2.35. The largest absolute Gasteiger partial charge is 0.491 e. The first-order valence-corrected chi connectivity index (χ1v) is 17.3. The Hall–Kier alpha value is -5.46. The summed E-state index contributed by atoms with van der Waals surface area (Å²) in [7, 11) is 0. The third-order valence-electron chi connectivity index (χ3n) is 8.78. The second kappa shape index (κ2) is 18.0. The molecule has 0 spiro atoms. The van der Waals surface area contributed by atoms with Crippen molar-refractivity contribution in [1.29, 1.82) is 0 Å². The highest BCUT2D eigenvalue weighted by molar-refractivity contribution is 6.12. The zero-order valence-electron chi connectivity index (χ0n) is 30.7. The minimum absolute atomic E-state index is 0.0604. The zero-order chi connectivity index (χ0) is 41.4. The molecule has 13 nitrogen and oxygen atoms in total. The van der Waals surface area contributed by atoms with E-state index in [-0.39, 0.29) is 44.0 Å². The van der Waals surface area contributed by atoms with Crippen LogP contribution in [0.1, 0.15) is 44.4 Å². The van der Waals surface area contributed by atoms with Gasteiger partial charge in [-0.05, 0) is 35.2 Å². The predicted octanol–water partition coefficient (Wildman–Crippen LogP) is 3.30. The molecule has 1 aliphatic rings. The number of carbonyl (C=O) groups is 5. The number of nitrogens with two attached hydrogens (primary N) is 1. The van der Waals surface area contributed by atoms with Crippen LogP contribution in [0.4, 0.5) is 22.0 Å². The van der Waals surface area contributed by atoms with Crippen molar-refractivity contribution in [2.45, 2.75) is 57.7 Å². The van der Waals surface area contributed by atoms with Crippen LogP contribution in [-0.2, 0) is 40.0 Å². The molecule has 0 bridgehead atoms. The number of rotatable bonds is 17. The SMILES string of the molecule is CC(C)(C)[C@H](c1cc(-c2cc(F)ccc2F)cn1Cc1ccccc1)[C@H](O)C(=O)NCC[C@](N)(OC(=O)C(F)(F)F)C(=O)NCCOCCN1C(=O)C=CC1=O. The van der Waals surface area contributed by atoms with Gasteiger partial charge in [-0.15, -0.1) is 0 Å². The molecule has 1 aromatic heterocycles. The van der Waals surface area contributed by atoms with E-state index in [4.69, 9.17) is 10.5 Å². The van der Waals surface area contributed by atoms with Gasteiger partial charge in [0.2, 0.25) is 11.6 Å². The topological polar surface area (TPSA) is 182 Å². The molecular weight excluding hydrogens is 749 g/mol. The molecule has 3 atom stereocenters. The number of esters is 1. The quantitative estimate of drug-likeness (QED) is 0.0525. The number of hydrogen-bond donors (Lipinski definition) is 4. The summed E-state index contributed by atoms with van der Waals surface area (Å²) in [6, 6.07) is 13.6. The second-order valence-corrected chi connectivity index (χ2v) is 14.0. The van der Waals surface area contributed by atoms with Gasteiger partial charge in [-0.2, -0.15) is 13.2 Å². The first kappa shape index (κ1) is 43.3. The Bertz CT molecular complexity index is 1930. The van der Waals surface area contributed by atoms with Gasteiger partial charge in [-0.25, -0.2) is 13.6 Å². The minimum atomic E-state index is -5.53. The molecule has 0 radical (unpaired) electrons. The summed E-state index contributed by atoms with van der Waals surface area (Å²) >= 11 is 0. The van der Waals surface area contributed by atoms with Gasteiger partial charge in [0.1, 0.15) is 17.7 Å². The number of nitrogens with one attached hydrogen (secondary N) is 2. The maximum atomic E-state index is 14.9. The molecule has 0 saturated heterocycles. The second-order valence-electron chi connectivity index (χ2n) is 14.0. The molecular formula is C38H42F5N5O8. The lowest BCUT2D eigenvalue weighted by atomic mass is 9.74. The molecule has 2 heterocycles. The van der Waals surface area contributed by atoms with Crippen molar-refractivity contribution in [2.75, 3.05) is 32.8 Å². The van der Waals surface area contributed by atoms with E-state index in [1.807, 2.05) is 18.2 Å². The number of alkyl halides is 3. The van der Waals surface area contributed by atoms with Gasteiger partial charge in [0.15, 0.2) is 0 Å². The third kappa shape index (κ3) is 11.1. The molecule has 4 amide bonds. The summed E-state index contributed by atoms with van der Waals surface area (Å²) in [6.45, 7) is 3.93. The molecule has 0 saturated carbocycles. The van der Waals surface area contributed by atoms with Crippen LogP contribution < -0.4 is 16.4 Å². The van der Waals surface area contributed by atoms with Crippen molar-refractivity contribution in [1.82, 2.24) is 20.1 Å². The highest BCUT2D eigenvalue weighted by Crippen LogP contribution is 2.41. The molecule has 0 unspecified atom stereocenters. The number of amides is 4. The molecule has 18 heteroatoms. The van der Waals surface area contributed by atoms with Gasteiger partial charge in [0.25, 0.3) is 17.7 Å². The van der Waals surface area contributed by atoms with Crippen LogP contribution in [0.3, 0.4) is 0 Å². The van der Waals surface area contributed by atoms with E-state index >= 15 is 0 Å². The number of hydrogen-bond acceptors (Lipinski definition) is 9. The van der Waals surface area contributed by atoms with E-state index < -0.39 is 83.5 Å². The van der Waals surface area contributed by atoms with Gasteiger partial charge < -0.3 is 29.8 Å². The number of ether oxygens (including phenoxy) is 2. The van der Waals surface area contributed by atoms with Gasteiger partial charge in [-0.1, -0.05) is 51.1 Å². The fourth-order valence-electron chi connectivity index (χ4n) is 6.01. The molecule has 5 N–H and O–H groups in total. The van der Waals surface area contributed by atoms with Crippen LogP contribution in [0, 0.1) is 17.0 Å². The Morgan fingerprint density at radius 2 is 1.57 bits per heavy atom. The Balaban J connectivity index is 1.48. The Kier molecular flexibility index (Phi) is 13.9. The van der Waals surface area contributed by atoms with Gasteiger partial charge in [-0.3, -0.25) is 29.8 Å². The number of aromatic nitrogens is 1. The number of halogens is 5. The van der Waals surface area contributed by atoms with E-state index in [1.54, 1.807) is 43.7 Å². The van der Waals surface area contributed by atoms with Crippen LogP contribution in [0.2, 0.25) is 0 Å². The minimum Gasteiger partial charge on any atom is -0.428 e. The van der Waals surface area contributed by atoms with Crippen molar-refractivity contribution in [3.8, 4) is 11.1 Å². The van der Waals surface area contributed by atoms with Crippen LogP contribution >= 0.6 is 0 Å². The monoisotopic (exact) mass is 791 g/mol. The Morgan fingerprint density at radius 3 is 2.20 bits per heavy atom. The summed E-state index contributed by atoms with van der Waals surface area (Å²) < 4.78 is 80.0. The molecule has 0 aliphatic carbocycles. The number of imide groups is 1. The average molecular weight is 792 g/mol. The molecule has 56 heavy (non-hydrogen) atoms. The van der Waals surface area contributed by atoms with Crippen molar-refractivity contribution >= 4 is 29.6 Å². The fraction of sp³-hybridized carbons (Fsp3) is 0.395. The standard InChI is InChI=1S/C38H42F5N5O8/c1-36(2,3)31(28-19-24(26-20-25(39)9-10-27(26)40)22-47(28)21-23-7-5-4-6-8-23)32(51)33(52)45-14-13-37(44,56-35(54)38(41,42)43)34(53)46-15-17-55-18-16-48-29(49)11-12-30(48)50/h4-12,19-20,22,31-32,51H,13-18,21,44H2,1-3H3,(H,45,52)(H,46,53)/t31-,32+,37+/m1/s1. The van der Waals surface area contributed by atoms with Crippen molar-refractivity contribution in [2.24, 2.45) is 11.1 Å². The lowest BCUT2D eigenvalue weighted by Crippen LogP contribution is -2.60. The molecule has 3 aromatic rings. The normalized spacial score (nSPS) is 15.4. The van der Waals surface area contributed by atoms with Crippen LogP contribution in [0.15, 0.2) is 72.9 Å². The van der Waals surface area contributed by atoms with Crippen molar-refractivity contribution in [3.05, 3.63) is 95.8 Å². The molecule has 2 aromatic carbocycles. The molecule has 0 fully saturated rings. The maximum absolute atomic E-state index is 14.9. The lowest BCUT2D eigenvalue weighted by molar-refractivity contribution is -0.214. The Labute approximate surface area is 318 Å². The maximum Gasteiger partial charge on any atom is 0.491 e. The van der Waals surface area contributed by atoms with Gasteiger partial charge in [0.05, 0.1) is 19.8 Å². The zero-order valence-corrected chi connectivity index (χ0v) is 30.7. The summed E-state index contributed by atoms with van der Waals surface area (Å²) in [5, 5.41) is 16.1. The average Bonchev–Trinajstić information content (AvgIpc) is 3.67. The van der Waals surface area contributed by atoms with Crippen LogP contribution in [0.25, 0.3) is 11.1 Å². The number of aliphatic hydroxyl groups is 1. The van der Waals surface area contributed by atoms with Gasteiger partial charge >= 0.3 is 12.1 Å². The number of benzene rings is 2. The van der Waals surface area contributed by atoms with Crippen LogP contribution in [-0.4, -0.2) is 95.0 Å². The third-order valence-corrected chi connectivity index (χ3v) is 8.78. The molecule has 302 valence electrons. The van der Waals surface area contributed by atoms with E-state index in [0.29, 0.717) is 5.69 Å². The summed E-state index contributed by atoms with van der Waals surface area (Å²) in [6.07, 6.45) is -4.52. The molecule has 1 aliphatic heterocycles. The summed E-state index contributed by atoms with van der Waals surface area (Å²) in [5.41, 5.74) is 3.44. The van der Waals surface area contributed by atoms with Crippen molar-refractivity contribution < 1.29 is 60.5 Å². The first-order chi connectivity index (χ1) is 26.2. The van der Waals surface area contributed by atoms with E-state index in [2.05, 4.69) is 15.4 Å².